The highest BCUT2D eigenvalue weighted by Crippen LogP contribution is 2.24. The van der Waals surface area contributed by atoms with E-state index in [1.54, 1.807) is 12.1 Å². The first-order valence-corrected chi connectivity index (χ1v) is 8.27. The van der Waals surface area contributed by atoms with Crippen LogP contribution in [-0.4, -0.2) is 25.7 Å². The van der Waals surface area contributed by atoms with Gasteiger partial charge in [-0.3, -0.25) is 0 Å². The lowest BCUT2D eigenvalue weighted by Crippen LogP contribution is -2.51. The van der Waals surface area contributed by atoms with Crippen molar-refractivity contribution < 1.29 is 4.39 Å². The van der Waals surface area contributed by atoms with E-state index < -0.39 is 0 Å². The number of hydrogen-bond donors (Lipinski definition) is 1. The molecule has 0 saturated carbocycles. The molecule has 1 aliphatic heterocycles. The summed E-state index contributed by atoms with van der Waals surface area (Å²) in [5, 5.41) is 3.58. The smallest absolute Gasteiger partial charge is 0.124 e. The van der Waals surface area contributed by atoms with Crippen LogP contribution >= 0.6 is 22.6 Å². The molecular weight excluding hydrogens is 378 g/mol. The van der Waals surface area contributed by atoms with Gasteiger partial charge in [0, 0.05) is 29.2 Å². The van der Waals surface area contributed by atoms with Crippen LogP contribution in [0, 0.1) is 9.39 Å². The van der Waals surface area contributed by atoms with Crippen molar-refractivity contribution in [1.29, 1.82) is 0 Å². The van der Waals surface area contributed by atoms with Gasteiger partial charge in [0.1, 0.15) is 5.82 Å². The maximum Gasteiger partial charge on any atom is 0.124 e. The Bertz CT molecular complexity index is 603. The average Bonchev–Trinajstić information content (AvgIpc) is 2.48. The molecular formula is C17H18FIN2. The van der Waals surface area contributed by atoms with Crippen LogP contribution in [0.4, 0.5) is 10.1 Å². The molecule has 0 aliphatic carbocycles. The Hall–Kier alpha value is -1.14. The van der Waals surface area contributed by atoms with Gasteiger partial charge in [-0.2, -0.15) is 0 Å². The van der Waals surface area contributed by atoms with Gasteiger partial charge in [-0.1, -0.05) is 30.3 Å². The van der Waals surface area contributed by atoms with Gasteiger partial charge >= 0.3 is 0 Å². The molecule has 0 spiro atoms. The molecule has 0 amide bonds. The van der Waals surface area contributed by atoms with Gasteiger partial charge in [-0.25, -0.2) is 4.39 Å². The second-order valence-corrected chi connectivity index (χ2v) is 6.54. The van der Waals surface area contributed by atoms with Gasteiger partial charge in [0.05, 0.1) is 5.69 Å². The number of halogens is 2. The number of anilines is 1. The van der Waals surface area contributed by atoms with Crippen molar-refractivity contribution in [3.8, 4) is 0 Å². The zero-order valence-electron chi connectivity index (χ0n) is 11.7. The fourth-order valence-electron chi connectivity index (χ4n) is 2.82. The summed E-state index contributed by atoms with van der Waals surface area (Å²) in [6.07, 6.45) is 1.02. The highest BCUT2D eigenvalue weighted by molar-refractivity contribution is 14.1. The molecule has 1 saturated heterocycles. The van der Waals surface area contributed by atoms with Gasteiger partial charge in [0.25, 0.3) is 0 Å². The van der Waals surface area contributed by atoms with E-state index >= 15 is 0 Å². The van der Waals surface area contributed by atoms with Crippen LogP contribution in [0.5, 0.6) is 0 Å². The zero-order valence-corrected chi connectivity index (χ0v) is 13.9. The molecule has 3 rings (SSSR count). The van der Waals surface area contributed by atoms with E-state index in [0.717, 1.165) is 35.3 Å². The minimum absolute atomic E-state index is 0.167. The van der Waals surface area contributed by atoms with Gasteiger partial charge in [-0.15, -0.1) is 0 Å². The van der Waals surface area contributed by atoms with Crippen molar-refractivity contribution in [1.82, 2.24) is 5.32 Å². The van der Waals surface area contributed by atoms with Crippen LogP contribution in [0.3, 0.4) is 0 Å². The topological polar surface area (TPSA) is 15.3 Å². The number of nitrogens with zero attached hydrogens (tertiary/aromatic N) is 1. The Balaban J connectivity index is 1.71. The van der Waals surface area contributed by atoms with Gasteiger partial charge in [-0.05, 0) is 52.8 Å². The molecule has 21 heavy (non-hydrogen) atoms. The summed E-state index contributed by atoms with van der Waals surface area (Å²) >= 11 is 2.22. The summed E-state index contributed by atoms with van der Waals surface area (Å²) < 4.78 is 14.2. The molecule has 0 radical (unpaired) electrons. The Labute approximate surface area is 138 Å². The molecule has 1 unspecified atom stereocenters. The lowest BCUT2D eigenvalue weighted by Gasteiger charge is -2.36. The number of hydrogen-bond acceptors (Lipinski definition) is 2. The molecule has 1 N–H and O–H groups in total. The summed E-state index contributed by atoms with van der Waals surface area (Å²) in [4.78, 5) is 2.35. The number of rotatable bonds is 3. The molecule has 2 nitrogen and oxygen atoms in total. The van der Waals surface area contributed by atoms with E-state index in [1.165, 1.54) is 5.56 Å². The lowest BCUT2D eigenvalue weighted by atomic mass is 10.0. The maximum atomic E-state index is 13.2. The van der Waals surface area contributed by atoms with Crippen LogP contribution in [0.2, 0.25) is 0 Å². The quantitative estimate of drug-likeness (QED) is 0.800. The third kappa shape index (κ3) is 3.74. The van der Waals surface area contributed by atoms with E-state index in [1.807, 2.05) is 12.1 Å². The van der Waals surface area contributed by atoms with E-state index in [4.69, 9.17) is 0 Å². The minimum Gasteiger partial charge on any atom is -0.368 e. The minimum atomic E-state index is -0.167. The Morgan fingerprint density at radius 1 is 1.19 bits per heavy atom. The van der Waals surface area contributed by atoms with Crippen LogP contribution in [0.1, 0.15) is 5.56 Å². The first-order chi connectivity index (χ1) is 10.2. The summed E-state index contributed by atoms with van der Waals surface area (Å²) in [5.41, 5.74) is 2.49. The maximum absolute atomic E-state index is 13.2. The highest BCUT2D eigenvalue weighted by Gasteiger charge is 2.21. The van der Waals surface area contributed by atoms with Crippen molar-refractivity contribution >= 4 is 28.3 Å². The number of nitrogens with one attached hydrogen (secondary N) is 1. The molecule has 1 aliphatic rings. The SMILES string of the molecule is Fc1ccc(N2CCNC(Cc3ccccc3)C2)c(I)c1. The predicted octanol–water partition coefficient (Wildman–Crippen LogP) is 3.45. The van der Waals surface area contributed by atoms with Crippen molar-refractivity contribution in [2.24, 2.45) is 0 Å². The van der Waals surface area contributed by atoms with Crippen LogP contribution in [0.15, 0.2) is 48.5 Å². The Morgan fingerprint density at radius 3 is 2.76 bits per heavy atom. The van der Waals surface area contributed by atoms with Crippen LogP contribution in [0.25, 0.3) is 0 Å². The first kappa shape index (κ1) is 14.8. The van der Waals surface area contributed by atoms with Crippen LogP contribution in [-0.2, 0) is 6.42 Å². The van der Waals surface area contributed by atoms with Crippen molar-refractivity contribution in [2.75, 3.05) is 24.5 Å². The molecule has 2 aromatic carbocycles. The molecule has 0 aromatic heterocycles. The summed E-state index contributed by atoms with van der Waals surface area (Å²) in [6, 6.07) is 16.0. The average molecular weight is 396 g/mol. The van der Waals surface area contributed by atoms with Gasteiger partial charge in [0.2, 0.25) is 0 Å². The summed E-state index contributed by atoms with van der Waals surface area (Å²) in [5.74, 6) is -0.167. The Kier molecular flexibility index (Phi) is 4.75. The zero-order chi connectivity index (χ0) is 14.7. The number of benzene rings is 2. The monoisotopic (exact) mass is 396 g/mol. The molecule has 1 heterocycles. The molecule has 0 bridgehead atoms. The lowest BCUT2D eigenvalue weighted by molar-refractivity contribution is 0.454. The van der Waals surface area contributed by atoms with Crippen molar-refractivity contribution in [3.63, 3.8) is 0 Å². The summed E-state index contributed by atoms with van der Waals surface area (Å²) in [7, 11) is 0. The summed E-state index contributed by atoms with van der Waals surface area (Å²) in [6.45, 7) is 2.88. The fraction of sp³-hybridized carbons (Fsp3) is 0.294. The molecule has 1 fully saturated rings. The third-order valence-electron chi connectivity index (χ3n) is 3.83. The second-order valence-electron chi connectivity index (χ2n) is 5.38. The van der Waals surface area contributed by atoms with Crippen molar-refractivity contribution in [2.45, 2.75) is 12.5 Å². The van der Waals surface area contributed by atoms with Gasteiger partial charge in [0.15, 0.2) is 0 Å². The predicted molar refractivity (Wildman–Crippen MR) is 93.3 cm³/mol. The third-order valence-corrected chi connectivity index (χ3v) is 4.69. The highest BCUT2D eigenvalue weighted by atomic mass is 127. The molecule has 4 heteroatoms. The normalized spacial score (nSPS) is 18.8. The number of piperazine rings is 1. The standard InChI is InChI=1S/C17H18FIN2/c18-14-6-7-17(16(19)11-14)21-9-8-20-15(12-21)10-13-4-2-1-3-5-13/h1-7,11,15,20H,8-10,12H2. The molecule has 110 valence electrons. The van der Waals surface area contributed by atoms with Crippen LogP contribution < -0.4 is 10.2 Å². The van der Waals surface area contributed by atoms with E-state index in [-0.39, 0.29) is 5.82 Å². The Morgan fingerprint density at radius 2 is 2.00 bits per heavy atom. The van der Waals surface area contributed by atoms with E-state index in [0.29, 0.717) is 6.04 Å². The second kappa shape index (κ2) is 6.75. The fourth-order valence-corrected chi connectivity index (χ4v) is 3.64. The first-order valence-electron chi connectivity index (χ1n) is 7.20. The van der Waals surface area contributed by atoms with Gasteiger partial charge < -0.3 is 10.2 Å². The van der Waals surface area contributed by atoms with E-state index in [2.05, 4.69) is 57.1 Å². The van der Waals surface area contributed by atoms with E-state index in [9.17, 15) is 4.39 Å². The molecule has 2 aromatic rings. The largest absolute Gasteiger partial charge is 0.368 e. The molecule has 1 atom stereocenters. The van der Waals surface area contributed by atoms with Crippen molar-refractivity contribution in [3.05, 3.63) is 63.5 Å².